The minimum Gasteiger partial charge on any atom is -0.449 e. The lowest BCUT2D eigenvalue weighted by atomic mass is 10.1. The van der Waals surface area contributed by atoms with Gasteiger partial charge in [-0.05, 0) is 75.2 Å². The molecule has 0 saturated carbocycles. The van der Waals surface area contributed by atoms with Crippen LogP contribution in [0.3, 0.4) is 0 Å². The van der Waals surface area contributed by atoms with Crippen LogP contribution in [0, 0.1) is 20.8 Å². The Hall–Kier alpha value is -3.41. The zero-order valence-corrected chi connectivity index (χ0v) is 16.4. The first kappa shape index (κ1) is 19.4. The van der Waals surface area contributed by atoms with E-state index in [2.05, 4.69) is 10.4 Å². The standard InChI is InChI=1S/C22H23N3O3/c1-14-5-6-15(2)20(13-14)24-21(26)17(4)28-22(27)18-7-9-19(10-8-18)25-16(3)11-12-23-25/h5-13,17H,1-4H3,(H,24,26)/t17-/m1/s1. The summed E-state index contributed by atoms with van der Waals surface area (Å²) in [5, 5.41) is 7.05. The van der Waals surface area contributed by atoms with E-state index < -0.39 is 12.1 Å². The Bertz CT molecular complexity index is 1010. The molecule has 3 aromatic rings. The number of anilines is 1. The van der Waals surface area contributed by atoms with Crippen LogP contribution in [0.2, 0.25) is 0 Å². The number of carbonyl (C=O) groups is 2. The van der Waals surface area contributed by atoms with E-state index >= 15 is 0 Å². The van der Waals surface area contributed by atoms with Crippen molar-refractivity contribution in [2.45, 2.75) is 33.8 Å². The first-order valence-corrected chi connectivity index (χ1v) is 9.05. The maximum Gasteiger partial charge on any atom is 0.338 e. The number of esters is 1. The van der Waals surface area contributed by atoms with E-state index in [1.54, 1.807) is 42.1 Å². The summed E-state index contributed by atoms with van der Waals surface area (Å²) in [5.41, 5.74) is 4.92. The molecule has 1 aromatic heterocycles. The third kappa shape index (κ3) is 4.28. The summed E-state index contributed by atoms with van der Waals surface area (Å²) in [4.78, 5) is 24.8. The fourth-order valence-corrected chi connectivity index (χ4v) is 2.77. The molecule has 1 N–H and O–H groups in total. The van der Waals surface area contributed by atoms with Gasteiger partial charge in [0, 0.05) is 17.6 Å². The van der Waals surface area contributed by atoms with Gasteiger partial charge in [-0.2, -0.15) is 5.10 Å². The molecule has 6 nitrogen and oxygen atoms in total. The minimum absolute atomic E-state index is 0.370. The van der Waals surface area contributed by atoms with Gasteiger partial charge in [0.1, 0.15) is 0 Å². The highest BCUT2D eigenvalue weighted by Crippen LogP contribution is 2.17. The molecule has 0 aliphatic rings. The van der Waals surface area contributed by atoms with Crippen LogP contribution < -0.4 is 5.32 Å². The van der Waals surface area contributed by atoms with Gasteiger partial charge in [-0.25, -0.2) is 9.48 Å². The van der Waals surface area contributed by atoms with Crippen molar-refractivity contribution >= 4 is 17.6 Å². The SMILES string of the molecule is Cc1ccc(C)c(NC(=O)[C@@H](C)OC(=O)c2ccc(-n3nccc3C)cc2)c1. The number of aromatic nitrogens is 2. The van der Waals surface area contributed by atoms with Crippen molar-refractivity contribution < 1.29 is 14.3 Å². The van der Waals surface area contributed by atoms with Crippen molar-refractivity contribution in [2.24, 2.45) is 0 Å². The second-order valence-electron chi connectivity index (χ2n) is 6.79. The Morgan fingerprint density at radius 3 is 2.39 bits per heavy atom. The van der Waals surface area contributed by atoms with E-state index in [-0.39, 0.29) is 5.91 Å². The number of nitrogens with one attached hydrogen (secondary N) is 1. The normalized spacial score (nSPS) is 11.7. The lowest BCUT2D eigenvalue weighted by molar-refractivity contribution is -0.123. The van der Waals surface area contributed by atoms with Gasteiger partial charge in [0.2, 0.25) is 0 Å². The molecule has 0 spiro atoms. The summed E-state index contributed by atoms with van der Waals surface area (Å²) >= 11 is 0. The number of hydrogen-bond donors (Lipinski definition) is 1. The van der Waals surface area contributed by atoms with Gasteiger partial charge in [0.15, 0.2) is 6.10 Å². The zero-order valence-electron chi connectivity index (χ0n) is 16.4. The molecule has 0 aliphatic carbocycles. The maximum atomic E-state index is 12.4. The van der Waals surface area contributed by atoms with Gasteiger partial charge >= 0.3 is 5.97 Å². The summed E-state index contributed by atoms with van der Waals surface area (Å²) in [6, 6.07) is 14.6. The lowest BCUT2D eigenvalue weighted by Gasteiger charge is -2.15. The number of ether oxygens (including phenoxy) is 1. The van der Waals surface area contributed by atoms with Crippen LogP contribution in [0.15, 0.2) is 54.7 Å². The molecule has 1 atom stereocenters. The van der Waals surface area contributed by atoms with Gasteiger partial charge in [-0.3, -0.25) is 4.79 Å². The number of amides is 1. The number of hydrogen-bond acceptors (Lipinski definition) is 4. The smallest absolute Gasteiger partial charge is 0.338 e. The molecule has 1 amide bonds. The second kappa shape index (κ2) is 8.08. The third-order valence-corrected chi connectivity index (χ3v) is 4.48. The van der Waals surface area contributed by atoms with E-state index in [0.29, 0.717) is 11.3 Å². The van der Waals surface area contributed by atoms with Crippen LogP contribution in [0.25, 0.3) is 5.69 Å². The fourth-order valence-electron chi connectivity index (χ4n) is 2.77. The maximum absolute atomic E-state index is 12.4. The largest absolute Gasteiger partial charge is 0.449 e. The lowest BCUT2D eigenvalue weighted by Crippen LogP contribution is -2.30. The number of nitrogens with zero attached hydrogens (tertiary/aromatic N) is 2. The molecular weight excluding hydrogens is 354 g/mol. The molecule has 0 unspecified atom stereocenters. The van der Waals surface area contributed by atoms with Crippen molar-refractivity contribution in [3.63, 3.8) is 0 Å². The Balaban J connectivity index is 1.64. The molecule has 0 fully saturated rings. The molecule has 0 aliphatic heterocycles. The monoisotopic (exact) mass is 377 g/mol. The zero-order chi connectivity index (χ0) is 20.3. The van der Waals surface area contributed by atoms with Crippen molar-refractivity contribution in [3.05, 3.63) is 77.1 Å². The Morgan fingerprint density at radius 1 is 1.04 bits per heavy atom. The van der Waals surface area contributed by atoms with Gasteiger partial charge in [0.05, 0.1) is 11.3 Å². The molecule has 28 heavy (non-hydrogen) atoms. The molecule has 0 bridgehead atoms. The van der Waals surface area contributed by atoms with E-state index in [0.717, 1.165) is 22.5 Å². The quantitative estimate of drug-likeness (QED) is 0.683. The number of carbonyl (C=O) groups excluding carboxylic acids is 2. The summed E-state index contributed by atoms with van der Waals surface area (Å²) < 4.78 is 7.09. The van der Waals surface area contributed by atoms with Crippen molar-refractivity contribution in [3.8, 4) is 5.69 Å². The molecule has 6 heteroatoms. The van der Waals surface area contributed by atoms with Crippen LogP contribution in [0.4, 0.5) is 5.69 Å². The molecule has 2 aromatic carbocycles. The highest BCUT2D eigenvalue weighted by molar-refractivity contribution is 5.97. The van der Waals surface area contributed by atoms with E-state index in [1.807, 2.05) is 45.0 Å². The number of aryl methyl sites for hydroxylation is 3. The summed E-state index contributed by atoms with van der Waals surface area (Å²) in [6.07, 6.45) is 0.800. The number of benzene rings is 2. The van der Waals surface area contributed by atoms with Crippen molar-refractivity contribution in [2.75, 3.05) is 5.32 Å². The van der Waals surface area contributed by atoms with Gasteiger partial charge in [-0.1, -0.05) is 12.1 Å². The van der Waals surface area contributed by atoms with Gasteiger partial charge in [0.25, 0.3) is 5.91 Å². The van der Waals surface area contributed by atoms with Crippen LogP contribution in [-0.2, 0) is 9.53 Å². The summed E-state index contributed by atoms with van der Waals surface area (Å²) in [6.45, 7) is 7.37. The second-order valence-corrected chi connectivity index (χ2v) is 6.79. The van der Waals surface area contributed by atoms with Gasteiger partial charge in [-0.15, -0.1) is 0 Å². The highest BCUT2D eigenvalue weighted by Gasteiger charge is 2.19. The topological polar surface area (TPSA) is 73.2 Å². The third-order valence-electron chi connectivity index (χ3n) is 4.48. The molecule has 3 rings (SSSR count). The Morgan fingerprint density at radius 2 is 1.75 bits per heavy atom. The minimum atomic E-state index is -0.916. The average Bonchev–Trinajstić information content (AvgIpc) is 3.10. The van der Waals surface area contributed by atoms with Crippen LogP contribution in [0.1, 0.15) is 34.1 Å². The molecule has 0 radical (unpaired) electrons. The highest BCUT2D eigenvalue weighted by atomic mass is 16.5. The van der Waals surface area contributed by atoms with Crippen LogP contribution in [-0.4, -0.2) is 27.8 Å². The molecule has 0 saturated heterocycles. The van der Waals surface area contributed by atoms with Crippen molar-refractivity contribution in [1.29, 1.82) is 0 Å². The molecule has 1 heterocycles. The van der Waals surface area contributed by atoms with E-state index in [1.165, 1.54) is 0 Å². The van der Waals surface area contributed by atoms with Crippen LogP contribution >= 0.6 is 0 Å². The predicted octanol–water partition coefficient (Wildman–Crippen LogP) is 3.98. The summed E-state index contributed by atoms with van der Waals surface area (Å²) in [5.74, 6) is -0.918. The average molecular weight is 377 g/mol. The van der Waals surface area contributed by atoms with E-state index in [9.17, 15) is 9.59 Å². The number of rotatable bonds is 5. The Kier molecular flexibility index (Phi) is 5.59. The van der Waals surface area contributed by atoms with E-state index in [4.69, 9.17) is 4.74 Å². The summed E-state index contributed by atoms with van der Waals surface area (Å²) in [7, 11) is 0. The first-order valence-electron chi connectivity index (χ1n) is 9.05. The first-order chi connectivity index (χ1) is 13.3. The van der Waals surface area contributed by atoms with Crippen molar-refractivity contribution in [1.82, 2.24) is 9.78 Å². The molecular formula is C22H23N3O3. The van der Waals surface area contributed by atoms with Crippen LogP contribution in [0.5, 0.6) is 0 Å². The predicted molar refractivity (Wildman–Crippen MR) is 108 cm³/mol. The molecule has 144 valence electrons. The van der Waals surface area contributed by atoms with Gasteiger partial charge < -0.3 is 10.1 Å². The Labute approximate surface area is 164 Å². The fraction of sp³-hybridized carbons (Fsp3) is 0.227.